The van der Waals surface area contributed by atoms with E-state index in [1.165, 1.54) is 60.8 Å². The van der Waals surface area contributed by atoms with Crippen molar-refractivity contribution >= 4 is 32.3 Å². The number of nitrogens with zero attached hydrogens (tertiary/aromatic N) is 3. The smallest absolute Gasteiger partial charge is 0.164 e. The molecule has 0 spiro atoms. The maximum atomic E-state index is 5.22. The van der Waals surface area contributed by atoms with Crippen molar-refractivity contribution in [2.75, 3.05) is 0 Å². The number of hydrogen-bond donors (Lipinski definition) is 0. The number of benzene rings is 10. The number of fused-ring (bicyclic) bond motifs is 5. The van der Waals surface area contributed by atoms with E-state index in [1.54, 1.807) is 0 Å². The van der Waals surface area contributed by atoms with Crippen LogP contribution in [0, 0.1) is 0 Å². The molecule has 3 nitrogen and oxygen atoms in total. The van der Waals surface area contributed by atoms with E-state index in [-0.39, 0.29) is 0 Å². The monoisotopic (exact) mass is 761 g/mol. The van der Waals surface area contributed by atoms with Gasteiger partial charge in [0.05, 0.1) is 0 Å². The Bertz CT molecular complexity index is 3350. The Morgan fingerprint density at radius 2 is 0.650 bits per heavy atom. The second-order valence-electron chi connectivity index (χ2n) is 15.5. The molecule has 0 N–H and O–H groups in total. The van der Waals surface area contributed by atoms with Gasteiger partial charge in [-0.25, -0.2) is 15.0 Å². The van der Waals surface area contributed by atoms with Gasteiger partial charge >= 0.3 is 0 Å². The Morgan fingerprint density at radius 3 is 1.25 bits per heavy atom. The Labute approximate surface area is 348 Å². The van der Waals surface area contributed by atoms with Crippen LogP contribution in [0.3, 0.4) is 0 Å². The molecule has 1 heterocycles. The molecule has 1 aliphatic rings. The van der Waals surface area contributed by atoms with E-state index in [1.807, 2.05) is 0 Å². The van der Waals surface area contributed by atoms with Crippen molar-refractivity contribution in [2.24, 2.45) is 0 Å². The molecular weight excluding hydrogens is 727 g/mol. The van der Waals surface area contributed by atoms with Crippen molar-refractivity contribution in [1.29, 1.82) is 0 Å². The average molecular weight is 762 g/mol. The Kier molecular flexibility index (Phi) is 7.85. The molecular formula is C57H35N3. The summed E-state index contributed by atoms with van der Waals surface area (Å²) in [6.07, 6.45) is 0. The topological polar surface area (TPSA) is 38.7 Å². The average Bonchev–Trinajstić information content (AvgIpc) is 3.66. The van der Waals surface area contributed by atoms with E-state index in [2.05, 4.69) is 212 Å². The first-order valence-corrected chi connectivity index (χ1v) is 20.4. The molecule has 12 rings (SSSR count). The van der Waals surface area contributed by atoms with Crippen LogP contribution < -0.4 is 0 Å². The Morgan fingerprint density at radius 1 is 0.233 bits per heavy atom. The molecule has 3 heteroatoms. The maximum absolute atomic E-state index is 5.22. The fourth-order valence-electron chi connectivity index (χ4n) is 9.35. The summed E-state index contributed by atoms with van der Waals surface area (Å²) < 4.78 is 0. The molecule has 0 atom stereocenters. The van der Waals surface area contributed by atoms with Gasteiger partial charge in [-0.3, -0.25) is 0 Å². The first kappa shape index (κ1) is 34.1. The number of rotatable bonds is 6. The summed E-state index contributed by atoms with van der Waals surface area (Å²) in [6.45, 7) is 0. The zero-order chi connectivity index (χ0) is 39.6. The van der Waals surface area contributed by atoms with Gasteiger partial charge in [0.2, 0.25) is 0 Å². The van der Waals surface area contributed by atoms with Gasteiger partial charge in [-0.05, 0) is 94.0 Å². The summed E-state index contributed by atoms with van der Waals surface area (Å²) in [6, 6.07) is 75.9. The van der Waals surface area contributed by atoms with E-state index in [0.717, 1.165) is 43.8 Å². The van der Waals surface area contributed by atoms with Crippen LogP contribution in [0.5, 0.6) is 0 Å². The van der Waals surface area contributed by atoms with Gasteiger partial charge in [0.15, 0.2) is 17.5 Å². The fraction of sp³-hybridized carbons (Fsp3) is 0. The summed E-state index contributed by atoms with van der Waals surface area (Å²) >= 11 is 0. The normalized spacial score (nSPS) is 11.7. The zero-order valence-corrected chi connectivity index (χ0v) is 32.5. The highest BCUT2D eigenvalue weighted by Crippen LogP contribution is 2.57. The number of hydrogen-bond acceptors (Lipinski definition) is 3. The second-order valence-corrected chi connectivity index (χ2v) is 15.5. The lowest BCUT2D eigenvalue weighted by atomic mass is 9.82. The SMILES string of the molecule is c1ccc(-c2cc(-c3ccc(-c4nc(-c5cccc6ccccc56)nc(-c5cccc6ccccc56)n4)cc3)c(-c3ccccc3)c3c2-c2cccc4cccc-3c24)cc1. The zero-order valence-electron chi connectivity index (χ0n) is 32.5. The molecule has 1 aliphatic carbocycles. The van der Waals surface area contributed by atoms with Gasteiger partial charge in [-0.2, -0.15) is 0 Å². The largest absolute Gasteiger partial charge is 0.208 e. The van der Waals surface area contributed by atoms with Crippen molar-refractivity contribution in [1.82, 2.24) is 15.0 Å². The molecule has 0 aliphatic heterocycles. The molecule has 0 amide bonds. The van der Waals surface area contributed by atoms with Gasteiger partial charge in [0.25, 0.3) is 0 Å². The van der Waals surface area contributed by atoms with Crippen LogP contribution in [0.1, 0.15) is 0 Å². The van der Waals surface area contributed by atoms with Crippen LogP contribution in [-0.4, -0.2) is 15.0 Å². The van der Waals surface area contributed by atoms with Crippen molar-refractivity contribution in [3.05, 3.63) is 212 Å². The maximum Gasteiger partial charge on any atom is 0.164 e. The van der Waals surface area contributed by atoms with Gasteiger partial charge in [0, 0.05) is 16.7 Å². The van der Waals surface area contributed by atoms with Crippen molar-refractivity contribution in [3.63, 3.8) is 0 Å². The van der Waals surface area contributed by atoms with E-state index in [9.17, 15) is 0 Å². The highest BCUT2D eigenvalue weighted by Gasteiger charge is 2.30. The lowest BCUT2D eigenvalue weighted by Gasteiger charge is -2.21. The van der Waals surface area contributed by atoms with Crippen LogP contribution in [0.4, 0.5) is 0 Å². The van der Waals surface area contributed by atoms with Gasteiger partial charge in [-0.15, -0.1) is 0 Å². The molecule has 0 radical (unpaired) electrons. The van der Waals surface area contributed by atoms with Crippen LogP contribution in [0.2, 0.25) is 0 Å². The molecule has 11 aromatic rings. The third kappa shape index (κ3) is 5.48. The summed E-state index contributed by atoms with van der Waals surface area (Å²) in [4.78, 5) is 15.6. The standard InChI is InChI=1S/C57H35N3/c1-3-15-38(16-4-1)50-35-49(52(41-19-5-2-6-20-41)54-48-30-14-24-40-23-13-29-47(51(40)48)53(50)54)39-31-33-42(34-32-39)55-58-56(45-27-11-21-36-17-7-9-25-43(36)45)60-57(59-55)46-28-12-22-37-18-8-10-26-44(37)46/h1-35H. The van der Waals surface area contributed by atoms with E-state index < -0.39 is 0 Å². The third-order valence-electron chi connectivity index (χ3n) is 12.1. The lowest BCUT2D eigenvalue weighted by molar-refractivity contribution is 1.08. The second kappa shape index (κ2) is 13.8. The van der Waals surface area contributed by atoms with E-state index in [0.29, 0.717) is 17.5 Å². The summed E-state index contributed by atoms with van der Waals surface area (Å²) in [7, 11) is 0. The first-order chi connectivity index (χ1) is 29.8. The molecule has 60 heavy (non-hydrogen) atoms. The Balaban J connectivity index is 1.08. The van der Waals surface area contributed by atoms with Gasteiger partial charge < -0.3 is 0 Å². The van der Waals surface area contributed by atoms with Crippen LogP contribution in [0.15, 0.2) is 212 Å². The summed E-state index contributed by atoms with van der Waals surface area (Å²) in [5.41, 5.74) is 15.2. The highest BCUT2D eigenvalue weighted by molar-refractivity contribution is 6.22. The minimum absolute atomic E-state index is 0.631. The van der Waals surface area contributed by atoms with Gasteiger partial charge in [-0.1, -0.05) is 206 Å². The predicted octanol–water partition coefficient (Wildman–Crippen LogP) is 15.0. The third-order valence-corrected chi connectivity index (χ3v) is 12.1. The quantitative estimate of drug-likeness (QED) is 0.169. The fourth-order valence-corrected chi connectivity index (χ4v) is 9.35. The summed E-state index contributed by atoms with van der Waals surface area (Å²) in [5, 5.41) is 7.07. The van der Waals surface area contributed by atoms with Crippen molar-refractivity contribution < 1.29 is 0 Å². The Hall–Kier alpha value is -8.01. The molecule has 0 saturated carbocycles. The first-order valence-electron chi connectivity index (χ1n) is 20.4. The minimum atomic E-state index is 0.631. The molecule has 10 aromatic carbocycles. The van der Waals surface area contributed by atoms with Crippen LogP contribution >= 0.6 is 0 Å². The highest BCUT2D eigenvalue weighted by atomic mass is 15.0. The minimum Gasteiger partial charge on any atom is -0.208 e. The molecule has 278 valence electrons. The van der Waals surface area contributed by atoms with Gasteiger partial charge in [0.1, 0.15) is 0 Å². The molecule has 0 unspecified atom stereocenters. The predicted molar refractivity (Wildman–Crippen MR) is 249 cm³/mol. The van der Waals surface area contributed by atoms with Crippen molar-refractivity contribution in [2.45, 2.75) is 0 Å². The van der Waals surface area contributed by atoms with Crippen LogP contribution in [-0.2, 0) is 0 Å². The van der Waals surface area contributed by atoms with Crippen molar-refractivity contribution in [3.8, 4) is 89.8 Å². The van der Waals surface area contributed by atoms with E-state index >= 15 is 0 Å². The molecule has 0 bridgehead atoms. The molecule has 0 saturated heterocycles. The lowest BCUT2D eigenvalue weighted by Crippen LogP contribution is -2.01. The molecule has 1 aromatic heterocycles. The van der Waals surface area contributed by atoms with Crippen LogP contribution in [0.25, 0.3) is 122 Å². The molecule has 0 fully saturated rings. The van der Waals surface area contributed by atoms with E-state index in [4.69, 9.17) is 15.0 Å². The summed E-state index contributed by atoms with van der Waals surface area (Å²) in [5.74, 6) is 1.93. The number of aromatic nitrogens is 3.